The van der Waals surface area contributed by atoms with Gasteiger partial charge in [-0.25, -0.2) is 8.57 Å². The Morgan fingerprint density at radius 1 is 1.78 bits per heavy atom. The Hall–Kier alpha value is -0.580. The van der Waals surface area contributed by atoms with E-state index in [0.29, 0.717) is 12.2 Å². The SMILES string of the molecule is CN=S1(=O)CCC(=O)N1. The molecule has 5 heteroatoms. The van der Waals surface area contributed by atoms with E-state index in [2.05, 4.69) is 9.08 Å². The van der Waals surface area contributed by atoms with Gasteiger partial charge < -0.3 is 0 Å². The van der Waals surface area contributed by atoms with Gasteiger partial charge in [0.05, 0.1) is 5.75 Å². The maximum Gasteiger partial charge on any atom is 0.233 e. The summed E-state index contributed by atoms with van der Waals surface area (Å²) in [6, 6.07) is 0. The fraction of sp³-hybridized carbons (Fsp3) is 0.750. The lowest BCUT2D eigenvalue weighted by atomic mass is 10.5. The molecule has 0 radical (unpaired) electrons. The van der Waals surface area contributed by atoms with Crippen LogP contribution in [0.15, 0.2) is 4.36 Å². The van der Waals surface area contributed by atoms with Crippen molar-refractivity contribution in [1.29, 1.82) is 0 Å². The van der Waals surface area contributed by atoms with Gasteiger partial charge >= 0.3 is 0 Å². The van der Waals surface area contributed by atoms with Crippen LogP contribution in [-0.2, 0) is 14.7 Å². The van der Waals surface area contributed by atoms with Crippen LogP contribution in [0.3, 0.4) is 0 Å². The van der Waals surface area contributed by atoms with Gasteiger partial charge in [0.25, 0.3) is 0 Å². The van der Waals surface area contributed by atoms with E-state index in [1.807, 2.05) is 0 Å². The maximum atomic E-state index is 11.1. The minimum atomic E-state index is -2.32. The van der Waals surface area contributed by atoms with Crippen LogP contribution in [0.1, 0.15) is 6.42 Å². The fourth-order valence-electron chi connectivity index (χ4n) is 0.648. The van der Waals surface area contributed by atoms with E-state index in [4.69, 9.17) is 0 Å². The molecule has 4 nitrogen and oxygen atoms in total. The molecule has 0 spiro atoms. The van der Waals surface area contributed by atoms with Crippen molar-refractivity contribution < 1.29 is 9.00 Å². The van der Waals surface area contributed by atoms with E-state index < -0.39 is 9.92 Å². The normalized spacial score (nSPS) is 34.1. The molecule has 9 heavy (non-hydrogen) atoms. The highest BCUT2D eigenvalue weighted by Gasteiger charge is 2.20. The van der Waals surface area contributed by atoms with Crippen LogP contribution in [0.25, 0.3) is 0 Å². The third kappa shape index (κ3) is 1.21. The number of carbonyl (C=O) groups excluding carboxylic acids is 1. The Kier molecular flexibility index (Phi) is 1.44. The van der Waals surface area contributed by atoms with Crippen LogP contribution in [0.5, 0.6) is 0 Å². The zero-order valence-electron chi connectivity index (χ0n) is 5.09. The van der Waals surface area contributed by atoms with E-state index >= 15 is 0 Å². The van der Waals surface area contributed by atoms with Crippen LogP contribution in [-0.4, -0.2) is 22.9 Å². The highest BCUT2D eigenvalue weighted by atomic mass is 32.2. The first-order valence-corrected chi connectivity index (χ1v) is 4.28. The number of hydrogen-bond donors (Lipinski definition) is 1. The molecule has 0 bridgehead atoms. The average Bonchev–Trinajstić information content (AvgIpc) is 2.13. The summed E-state index contributed by atoms with van der Waals surface area (Å²) in [5.41, 5.74) is 0. The molecule has 1 unspecified atom stereocenters. The first kappa shape index (κ1) is 6.54. The van der Waals surface area contributed by atoms with Crippen molar-refractivity contribution in [3.8, 4) is 0 Å². The molecular weight excluding hydrogens is 140 g/mol. The standard InChI is InChI=1S/C4H8N2O2S/c1-5-9(8)3-2-4(7)6-9/h2-3H2,1H3,(H,5,6,7,8). The van der Waals surface area contributed by atoms with Gasteiger partial charge in [-0.15, -0.1) is 0 Å². The lowest BCUT2D eigenvalue weighted by Crippen LogP contribution is -2.20. The summed E-state index contributed by atoms with van der Waals surface area (Å²) in [6.45, 7) is 0. The molecule has 1 atom stereocenters. The number of nitrogens with one attached hydrogen (secondary N) is 1. The summed E-state index contributed by atoms with van der Waals surface area (Å²) < 4.78 is 16.9. The summed E-state index contributed by atoms with van der Waals surface area (Å²) in [5.74, 6) is 0.202. The van der Waals surface area contributed by atoms with Gasteiger partial charge in [-0.2, -0.15) is 0 Å². The largest absolute Gasteiger partial charge is 0.274 e. The smallest absolute Gasteiger partial charge is 0.233 e. The van der Waals surface area contributed by atoms with Crippen molar-refractivity contribution in [3.05, 3.63) is 0 Å². The predicted octanol–water partition coefficient (Wildman–Crippen LogP) is -0.481. The van der Waals surface area contributed by atoms with Gasteiger partial charge in [0.15, 0.2) is 0 Å². The first-order chi connectivity index (χ1) is 4.16. The summed E-state index contributed by atoms with van der Waals surface area (Å²) in [5, 5.41) is 0. The second-order valence-electron chi connectivity index (χ2n) is 1.80. The second kappa shape index (κ2) is 1.98. The van der Waals surface area contributed by atoms with Crippen molar-refractivity contribution in [2.45, 2.75) is 6.42 Å². The maximum absolute atomic E-state index is 11.1. The molecule has 0 aromatic carbocycles. The van der Waals surface area contributed by atoms with E-state index in [1.54, 1.807) is 0 Å². The molecule has 1 N–H and O–H groups in total. The van der Waals surface area contributed by atoms with E-state index in [1.165, 1.54) is 7.05 Å². The van der Waals surface area contributed by atoms with Crippen molar-refractivity contribution in [3.63, 3.8) is 0 Å². The Balaban J connectivity index is 2.92. The molecule has 0 aromatic heterocycles. The van der Waals surface area contributed by atoms with Gasteiger partial charge in [-0.1, -0.05) is 0 Å². The van der Waals surface area contributed by atoms with Crippen LogP contribution >= 0.6 is 0 Å². The first-order valence-electron chi connectivity index (χ1n) is 2.60. The number of carbonyl (C=O) groups is 1. The molecular formula is C4H8N2O2S. The second-order valence-corrected chi connectivity index (χ2v) is 4.06. The van der Waals surface area contributed by atoms with Gasteiger partial charge in [-0.3, -0.25) is 9.52 Å². The molecule has 0 aromatic rings. The zero-order valence-corrected chi connectivity index (χ0v) is 5.90. The minimum Gasteiger partial charge on any atom is -0.274 e. The number of nitrogens with zero attached hydrogens (tertiary/aromatic N) is 1. The van der Waals surface area contributed by atoms with Crippen molar-refractivity contribution in [2.24, 2.45) is 4.36 Å². The molecule has 0 saturated carbocycles. The highest BCUT2D eigenvalue weighted by molar-refractivity contribution is 7.92. The molecule has 1 fully saturated rings. The molecule has 52 valence electrons. The Morgan fingerprint density at radius 2 is 2.44 bits per heavy atom. The summed E-state index contributed by atoms with van der Waals surface area (Å²) in [4.78, 5) is 10.5. The van der Waals surface area contributed by atoms with Crippen LogP contribution in [0.2, 0.25) is 0 Å². The summed E-state index contributed by atoms with van der Waals surface area (Å²) in [7, 11) is -0.863. The van der Waals surface area contributed by atoms with E-state index in [9.17, 15) is 9.00 Å². The predicted molar refractivity (Wildman–Crippen MR) is 34.1 cm³/mol. The number of amides is 1. The van der Waals surface area contributed by atoms with E-state index in [-0.39, 0.29) is 5.91 Å². The lowest BCUT2D eigenvalue weighted by molar-refractivity contribution is -0.118. The minimum absolute atomic E-state index is 0.161. The number of rotatable bonds is 0. The summed E-state index contributed by atoms with van der Waals surface area (Å²) in [6.07, 6.45) is 0.343. The van der Waals surface area contributed by atoms with Gasteiger partial charge in [0.1, 0.15) is 9.92 Å². The molecule has 1 amide bonds. The van der Waals surface area contributed by atoms with Crippen LogP contribution in [0, 0.1) is 0 Å². The van der Waals surface area contributed by atoms with E-state index in [0.717, 1.165) is 0 Å². The molecule has 1 rings (SSSR count). The summed E-state index contributed by atoms with van der Waals surface area (Å²) >= 11 is 0. The molecule has 1 aliphatic rings. The topological polar surface area (TPSA) is 58.5 Å². The van der Waals surface area contributed by atoms with Gasteiger partial charge in [0, 0.05) is 13.5 Å². The Morgan fingerprint density at radius 3 is 2.67 bits per heavy atom. The quantitative estimate of drug-likeness (QED) is 0.504. The number of hydrogen-bond acceptors (Lipinski definition) is 3. The third-order valence-corrected chi connectivity index (χ3v) is 3.07. The zero-order chi connectivity index (χ0) is 6.91. The van der Waals surface area contributed by atoms with Crippen LogP contribution < -0.4 is 4.72 Å². The lowest BCUT2D eigenvalue weighted by Gasteiger charge is -1.94. The Labute approximate surface area is 54.0 Å². The monoisotopic (exact) mass is 148 g/mol. The fourth-order valence-corrected chi connectivity index (χ4v) is 1.94. The van der Waals surface area contributed by atoms with Crippen molar-refractivity contribution in [2.75, 3.05) is 12.8 Å². The molecule has 0 aliphatic carbocycles. The highest BCUT2D eigenvalue weighted by Crippen LogP contribution is 2.02. The Bertz CT molecular complexity index is 239. The molecule has 1 heterocycles. The van der Waals surface area contributed by atoms with Crippen molar-refractivity contribution >= 4 is 15.8 Å². The third-order valence-electron chi connectivity index (χ3n) is 1.17. The molecule has 1 saturated heterocycles. The van der Waals surface area contributed by atoms with Gasteiger partial charge in [0.2, 0.25) is 5.91 Å². The van der Waals surface area contributed by atoms with Crippen molar-refractivity contribution in [1.82, 2.24) is 4.72 Å². The molecule has 1 aliphatic heterocycles. The average molecular weight is 148 g/mol. The van der Waals surface area contributed by atoms with Gasteiger partial charge in [-0.05, 0) is 0 Å². The van der Waals surface area contributed by atoms with Crippen LogP contribution in [0.4, 0.5) is 0 Å².